The number of thioether (sulfide) groups is 1. The van der Waals surface area contributed by atoms with Crippen molar-refractivity contribution in [3.63, 3.8) is 0 Å². The Morgan fingerprint density at radius 1 is 0.962 bits per heavy atom. The van der Waals surface area contributed by atoms with E-state index < -0.39 is 0 Å². The second kappa shape index (κ2) is 7.68. The summed E-state index contributed by atoms with van der Waals surface area (Å²) < 4.78 is 0. The van der Waals surface area contributed by atoms with Crippen LogP contribution in [0.2, 0.25) is 0 Å². The normalized spacial score (nSPS) is 10.8. The zero-order valence-electron chi connectivity index (χ0n) is 13.8. The van der Waals surface area contributed by atoms with Gasteiger partial charge in [-0.3, -0.25) is 9.89 Å². The lowest BCUT2D eigenvalue weighted by atomic mass is 10.0. The van der Waals surface area contributed by atoms with Crippen LogP contribution in [0.4, 0.5) is 0 Å². The van der Waals surface area contributed by atoms with Gasteiger partial charge in [0.25, 0.3) is 0 Å². The third-order valence-corrected chi connectivity index (χ3v) is 5.59. The van der Waals surface area contributed by atoms with Crippen LogP contribution in [-0.4, -0.2) is 26.7 Å². The van der Waals surface area contributed by atoms with Crippen LogP contribution >= 0.6 is 23.1 Å². The lowest BCUT2D eigenvalue weighted by Gasteiger charge is -2.03. The Balaban J connectivity index is 1.39. The fourth-order valence-corrected chi connectivity index (χ4v) is 3.88. The highest BCUT2D eigenvalue weighted by atomic mass is 32.2. The van der Waals surface area contributed by atoms with Crippen molar-refractivity contribution in [3.05, 3.63) is 77.7 Å². The number of nitrogens with zero attached hydrogens (tertiary/aromatic N) is 2. The van der Waals surface area contributed by atoms with E-state index in [1.165, 1.54) is 11.8 Å². The van der Waals surface area contributed by atoms with Crippen molar-refractivity contribution in [1.82, 2.24) is 15.2 Å². The molecule has 0 saturated heterocycles. The highest BCUT2D eigenvalue weighted by Crippen LogP contribution is 2.24. The van der Waals surface area contributed by atoms with Gasteiger partial charge in [0.1, 0.15) is 0 Å². The molecule has 0 aliphatic rings. The Hall–Kier alpha value is -2.70. The van der Waals surface area contributed by atoms with E-state index in [0.29, 0.717) is 16.5 Å². The van der Waals surface area contributed by atoms with Crippen molar-refractivity contribution in [1.29, 1.82) is 0 Å². The van der Waals surface area contributed by atoms with Crippen LogP contribution in [-0.2, 0) is 0 Å². The molecule has 0 amide bonds. The average Bonchev–Trinajstić information content (AvgIpc) is 3.38. The number of carbonyl (C=O) groups is 1. The van der Waals surface area contributed by atoms with Crippen molar-refractivity contribution >= 4 is 28.9 Å². The highest BCUT2D eigenvalue weighted by molar-refractivity contribution is 7.99. The number of carbonyl (C=O) groups excluding carboxylic acids is 1. The molecule has 2 aromatic heterocycles. The first-order valence-electron chi connectivity index (χ1n) is 8.07. The van der Waals surface area contributed by atoms with E-state index in [9.17, 15) is 4.79 Å². The zero-order valence-corrected chi connectivity index (χ0v) is 15.4. The molecule has 0 aliphatic carbocycles. The van der Waals surface area contributed by atoms with E-state index in [1.807, 2.05) is 60.0 Å². The summed E-state index contributed by atoms with van der Waals surface area (Å²) in [7, 11) is 0. The molecule has 6 heteroatoms. The van der Waals surface area contributed by atoms with Gasteiger partial charge in [0.2, 0.25) is 5.16 Å². The quantitative estimate of drug-likeness (QED) is 0.372. The number of H-pyrrole nitrogens is 1. The van der Waals surface area contributed by atoms with Crippen LogP contribution in [0.3, 0.4) is 0 Å². The molecule has 0 atom stereocenters. The molecule has 4 rings (SSSR count). The maximum atomic E-state index is 12.4. The van der Waals surface area contributed by atoms with Crippen molar-refractivity contribution in [3.8, 4) is 21.8 Å². The van der Waals surface area contributed by atoms with E-state index in [-0.39, 0.29) is 5.78 Å². The van der Waals surface area contributed by atoms with Crippen LogP contribution in [0.1, 0.15) is 10.4 Å². The number of hydrogen-bond donors (Lipinski definition) is 1. The minimum absolute atomic E-state index is 0.0667. The second-order valence-corrected chi connectivity index (χ2v) is 7.49. The molecule has 2 heterocycles. The van der Waals surface area contributed by atoms with Crippen LogP contribution in [0.25, 0.3) is 21.8 Å². The SMILES string of the molecule is O=C(CSc1n[nH]c(-c2cccs2)n1)c1ccc(-c2ccccc2)cc1. The lowest BCUT2D eigenvalue weighted by Crippen LogP contribution is -2.02. The monoisotopic (exact) mass is 377 g/mol. The first-order valence-corrected chi connectivity index (χ1v) is 9.94. The second-order valence-electron chi connectivity index (χ2n) is 5.60. The Labute approximate surface area is 159 Å². The van der Waals surface area contributed by atoms with Crippen molar-refractivity contribution < 1.29 is 4.79 Å². The molecular formula is C20H15N3OS2. The number of rotatable bonds is 6. The summed E-state index contributed by atoms with van der Waals surface area (Å²) in [5.41, 5.74) is 2.94. The molecule has 26 heavy (non-hydrogen) atoms. The van der Waals surface area contributed by atoms with Crippen LogP contribution < -0.4 is 0 Å². The topological polar surface area (TPSA) is 58.6 Å². The first kappa shape index (κ1) is 16.8. The van der Waals surface area contributed by atoms with Crippen LogP contribution in [0.5, 0.6) is 0 Å². The first-order chi connectivity index (χ1) is 12.8. The third-order valence-electron chi connectivity index (χ3n) is 3.87. The lowest BCUT2D eigenvalue weighted by molar-refractivity contribution is 0.102. The van der Waals surface area contributed by atoms with Gasteiger partial charge >= 0.3 is 0 Å². The summed E-state index contributed by atoms with van der Waals surface area (Å²) in [6, 6.07) is 21.8. The Kier molecular flexibility index (Phi) is 4.95. The molecule has 0 aliphatic heterocycles. The summed E-state index contributed by atoms with van der Waals surface area (Å²) in [5, 5.41) is 9.67. The molecule has 0 unspecified atom stereocenters. The van der Waals surface area contributed by atoms with Gasteiger partial charge in [0, 0.05) is 5.56 Å². The number of thiophene rings is 1. The van der Waals surface area contributed by atoms with Gasteiger partial charge in [-0.25, -0.2) is 4.98 Å². The third kappa shape index (κ3) is 3.76. The maximum Gasteiger partial charge on any atom is 0.209 e. The van der Waals surface area contributed by atoms with E-state index in [0.717, 1.165) is 21.8 Å². The largest absolute Gasteiger partial charge is 0.293 e. The molecule has 128 valence electrons. The fraction of sp³-hybridized carbons (Fsp3) is 0.0500. The van der Waals surface area contributed by atoms with E-state index in [2.05, 4.69) is 27.3 Å². The fourth-order valence-electron chi connectivity index (χ4n) is 2.53. The molecule has 4 aromatic rings. The van der Waals surface area contributed by atoms with E-state index >= 15 is 0 Å². The molecule has 0 radical (unpaired) electrons. The molecule has 1 N–H and O–H groups in total. The number of ketones is 1. The van der Waals surface area contributed by atoms with Crippen molar-refractivity contribution in [2.24, 2.45) is 0 Å². The average molecular weight is 377 g/mol. The Morgan fingerprint density at radius 3 is 2.46 bits per heavy atom. The smallest absolute Gasteiger partial charge is 0.209 e. The van der Waals surface area contributed by atoms with Gasteiger partial charge in [-0.1, -0.05) is 72.4 Å². The summed E-state index contributed by atoms with van der Waals surface area (Å²) in [6.45, 7) is 0. The number of nitrogens with one attached hydrogen (secondary N) is 1. The molecule has 0 bridgehead atoms. The summed E-state index contributed by atoms with van der Waals surface area (Å²) in [4.78, 5) is 17.9. The number of Topliss-reactive ketones (excluding diaryl/α,β-unsaturated/α-hetero) is 1. The highest BCUT2D eigenvalue weighted by Gasteiger charge is 2.11. The minimum Gasteiger partial charge on any atom is -0.293 e. The standard InChI is InChI=1S/C20H15N3OS2/c24-17(13-26-20-21-19(22-23-20)18-7-4-12-25-18)16-10-8-15(9-11-16)14-5-2-1-3-6-14/h1-12H,13H2,(H,21,22,23). The molecular weight excluding hydrogens is 362 g/mol. The Morgan fingerprint density at radius 2 is 1.73 bits per heavy atom. The van der Waals surface area contributed by atoms with Crippen LogP contribution in [0, 0.1) is 0 Å². The molecule has 4 nitrogen and oxygen atoms in total. The van der Waals surface area contributed by atoms with Crippen LogP contribution in [0.15, 0.2) is 77.3 Å². The number of benzene rings is 2. The minimum atomic E-state index is 0.0667. The van der Waals surface area contributed by atoms with Gasteiger partial charge in [-0.15, -0.1) is 16.4 Å². The number of aromatic amines is 1. The maximum absolute atomic E-state index is 12.4. The molecule has 0 fully saturated rings. The summed E-state index contributed by atoms with van der Waals surface area (Å²) >= 11 is 2.94. The van der Waals surface area contributed by atoms with Crippen molar-refractivity contribution in [2.45, 2.75) is 5.16 Å². The van der Waals surface area contributed by atoms with Gasteiger partial charge in [0.15, 0.2) is 11.6 Å². The summed E-state index contributed by atoms with van der Waals surface area (Å²) in [6.07, 6.45) is 0. The van der Waals surface area contributed by atoms with Gasteiger partial charge in [0.05, 0.1) is 10.6 Å². The molecule has 0 saturated carbocycles. The number of hydrogen-bond acceptors (Lipinski definition) is 5. The Bertz CT molecular complexity index is 993. The van der Waals surface area contributed by atoms with E-state index in [1.54, 1.807) is 11.3 Å². The molecule has 2 aromatic carbocycles. The number of aromatic nitrogens is 3. The molecule has 0 spiro atoms. The van der Waals surface area contributed by atoms with Gasteiger partial charge < -0.3 is 0 Å². The van der Waals surface area contributed by atoms with E-state index in [4.69, 9.17) is 0 Å². The summed E-state index contributed by atoms with van der Waals surface area (Å²) in [5.74, 6) is 1.12. The van der Waals surface area contributed by atoms with Gasteiger partial charge in [-0.05, 0) is 22.6 Å². The predicted octanol–water partition coefficient (Wildman–Crippen LogP) is 5.18. The van der Waals surface area contributed by atoms with Gasteiger partial charge in [-0.2, -0.15) is 0 Å². The zero-order chi connectivity index (χ0) is 17.8. The van der Waals surface area contributed by atoms with Crippen molar-refractivity contribution in [2.75, 3.05) is 5.75 Å². The predicted molar refractivity (Wildman–Crippen MR) is 107 cm³/mol.